The third-order valence-corrected chi connectivity index (χ3v) is 4.71. The first kappa shape index (κ1) is 18.9. The zero-order chi connectivity index (χ0) is 15.2. The zero-order valence-electron chi connectivity index (χ0n) is 14.2. The Balaban J connectivity index is 1.85. The van der Waals surface area contributed by atoms with Crippen LogP contribution in [0.15, 0.2) is 0 Å². The second-order valence-electron chi connectivity index (χ2n) is 6.70. The van der Waals surface area contributed by atoms with Crippen LogP contribution in [0.3, 0.4) is 0 Å². The number of hydrogen-bond acceptors (Lipinski definition) is 3. The maximum absolute atomic E-state index is 5.69. The summed E-state index contributed by atoms with van der Waals surface area (Å²) in [5.74, 6) is 5.67. The lowest BCUT2D eigenvalue weighted by molar-refractivity contribution is 0.0933. The largest absolute Gasteiger partial charge is 0.378 e. The second-order valence-corrected chi connectivity index (χ2v) is 6.70. The zero-order valence-corrected chi connectivity index (χ0v) is 14.2. The van der Waals surface area contributed by atoms with Crippen molar-refractivity contribution in [3.63, 3.8) is 0 Å². The number of nitrogens with one attached hydrogen (secondary N) is 1. The van der Waals surface area contributed by atoms with Gasteiger partial charge in [-0.05, 0) is 25.7 Å². The first-order chi connectivity index (χ1) is 10.4. The van der Waals surface area contributed by atoms with Gasteiger partial charge in [0.25, 0.3) is 0 Å². The standard InChI is InChI=1S/C18H38N2O/c1-2-3-4-5-6-7-8-9-10-11-13-17(20-19)16-18-14-12-15-21-18/h17-18,20H,2-16,19H2,1H3. The Bertz CT molecular complexity index is 217. The molecule has 0 aromatic carbocycles. The van der Waals surface area contributed by atoms with Crippen molar-refractivity contribution >= 4 is 0 Å². The minimum atomic E-state index is 0.446. The van der Waals surface area contributed by atoms with E-state index in [-0.39, 0.29) is 0 Å². The van der Waals surface area contributed by atoms with E-state index in [1.54, 1.807) is 0 Å². The van der Waals surface area contributed by atoms with Crippen LogP contribution in [-0.2, 0) is 4.74 Å². The summed E-state index contributed by atoms with van der Waals surface area (Å²) in [5, 5.41) is 0. The molecular formula is C18H38N2O. The van der Waals surface area contributed by atoms with E-state index in [0.717, 1.165) is 13.0 Å². The molecule has 0 saturated carbocycles. The van der Waals surface area contributed by atoms with Crippen molar-refractivity contribution in [2.24, 2.45) is 5.84 Å². The second kappa shape index (κ2) is 13.5. The van der Waals surface area contributed by atoms with E-state index in [1.165, 1.54) is 83.5 Å². The van der Waals surface area contributed by atoms with Crippen LogP contribution in [-0.4, -0.2) is 18.8 Å². The average molecular weight is 299 g/mol. The maximum Gasteiger partial charge on any atom is 0.0591 e. The van der Waals surface area contributed by atoms with Gasteiger partial charge < -0.3 is 4.74 Å². The molecule has 1 rings (SSSR count). The Hall–Kier alpha value is -0.120. The number of unbranched alkanes of at least 4 members (excludes halogenated alkanes) is 9. The van der Waals surface area contributed by atoms with E-state index >= 15 is 0 Å². The Morgan fingerprint density at radius 2 is 1.62 bits per heavy atom. The third kappa shape index (κ3) is 10.3. The summed E-state index contributed by atoms with van der Waals surface area (Å²) in [6.07, 6.45) is 19.2. The van der Waals surface area contributed by atoms with E-state index in [4.69, 9.17) is 10.6 Å². The van der Waals surface area contributed by atoms with Crippen molar-refractivity contribution in [2.75, 3.05) is 6.61 Å². The fourth-order valence-electron chi connectivity index (χ4n) is 3.29. The van der Waals surface area contributed by atoms with Gasteiger partial charge in [0.2, 0.25) is 0 Å². The normalized spacial score (nSPS) is 20.0. The maximum atomic E-state index is 5.69. The topological polar surface area (TPSA) is 47.3 Å². The summed E-state index contributed by atoms with van der Waals surface area (Å²) in [5.41, 5.74) is 2.98. The predicted octanol–water partition coefficient (Wildman–Crippen LogP) is 4.70. The molecule has 0 spiro atoms. The van der Waals surface area contributed by atoms with E-state index in [0.29, 0.717) is 12.1 Å². The smallest absolute Gasteiger partial charge is 0.0591 e. The van der Waals surface area contributed by atoms with E-state index < -0.39 is 0 Å². The third-order valence-electron chi connectivity index (χ3n) is 4.71. The fraction of sp³-hybridized carbons (Fsp3) is 1.00. The van der Waals surface area contributed by atoms with Gasteiger partial charge in [-0.1, -0.05) is 71.1 Å². The van der Waals surface area contributed by atoms with Gasteiger partial charge in [0.15, 0.2) is 0 Å². The molecule has 1 fully saturated rings. The van der Waals surface area contributed by atoms with Crippen LogP contribution in [0.4, 0.5) is 0 Å². The molecule has 2 unspecified atom stereocenters. The van der Waals surface area contributed by atoms with Crippen LogP contribution >= 0.6 is 0 Å². The summed E-state index contributed by atoms with van der Waals surface area (Å²) < 4.78 is 5.69. The molecule has 21 heavy (non-hydrogen) atoms. The summed E-state index contributed by atoms with van der Waals surface area (Å²) in [7, 11) is 0. The van der Waals surface area contributed by atoms with Crippen molar-refractivity contribution < 1.29 is 4.74 Å². The molecule has 0 aromatic heterocycles. The minimum absolute atomic E-state index is 0.446. The molecule has 0 aliphatic carbocycles. The van der Waals surface area contributed by atoms with Gasteiger partial charge in [-0.2, -0.15) is 0 Å². The van der Waals surface area contributed by atoms with Gasteiger partial charge >= 0.3 is 0 Å². The monoisotopic (exact) mass is 298 g/mol. The minimum Gasteiger partial charge on any atom is -0.378 e. The van der Waals surface area contributed by atoms with Crippen molar-refractivity contribution in [2.45, 2.75) is 109 Å². The predicted molar refractivity (Wildman–Crippen MR) is 91.2 cm³/mol. The van der Waals surface area contributed by atoms with Crippen LogP contribution in [0.25, 0.3) is 0 Å². The number of nitrogens with two attached hydrogens (primary N) is 1. The molecule has 126 valence electrons. The number of rotatable bonds is 14. The molecule has 1 heterocycles. The molecule has 0 bridgehead atoms. The highest BCUT2D eigenvalue weighted by Gasteiger charge is 2.19. The molecule has 0 amide bonds. The number of hydrazine groups is 1. The molecule has 2 atom stereocenters. The molecule has 3 nitrogen and oxygen atoms in total. The molecule has 1 saturated heterocycles. The molecule has 0 radical (unpaired) electrons. The van der Waals surface area contributed by atoms with Gasteiger partial charge in [0.1, 0.15) is 0 Å². The molecule has 1 aliphatic rings. The van der Waals surface area contributed by atoms with Crippen LogP contribution in [0.1, 0.15) is 96.8 Å². The highest BCUT2D eigenvalue weighted by atomic mass is 16.5. The molecule has 3 heteroatoms. The van der Waals surface area contributed by atoms with Gasteiger partial charge in [0, 0.05) is 12.6 Å². The van der Waals surface area contributed by atoms with Crippen molar-refractivity contribution in [1.29, 1.82) is 0 Å². The SMILES string of the molecule is CCCCCCCCCCCCC(CC1CCCO1)NN. The lowest BCUT2D eigenvalue weighted by atomic mass is 10.00. The van der Waals surface area contributed by atoms with Gasteiger partial charge in [0.05, 0.1) is 6.10 Å². The summed E-state index contributed by atoms with van der Waals surface area (Å²) in [4.78, 5) is 0. The Morgan fingerprint density at radius 3 is 2.14 bits per heavy atom. The first-order valence-corrected chi connectivity index (χ1v) is 9.44. The Labute approximate surface area is 132 Å². The van der Waals surface area contributed by atoms with Gasteiger partial charge in [-0.15, -0.1) is 0 Å². The number of ether oxygens (including phenoxy) is 1. The molecule has 0 aromatic rings. The highest BCUT2D eigenvalue weighted by Crippen LogP contribution is 2.19. The lowest BCUT2D eigenvalue weighted by Gasteiger charge is -2.19. The van der Waals surface area contributed by atoms with Gasteiger partial charge in [-0.3, -0.25) is 11.3 Å². The van der Waals surface area contributed by atoms with E-state index in [1.807, 2.05) is 0 Å². The van der Waals surface area contributed by atoms with E-state index in [9.17, 15) is 0 Å². The van der Waals surface area contributed by atoms with Crippen LogP contribution in [0.5, 0.6) is 0 Å². The molecule has 3 N–H and O–H groups in total. The quantitative estimate of drug-likeness (QED) is 0.278. The van der Waals surface area contributed by atoms with Crippen LogP contribution < -0.4 is 11.3 Å². The molecular weight excluding hydrogens is 260 g/mol. The Kier molecular flexibility index (Phi) is 12.2. The van der Waals surface area contributed by atoms with Crippen molar-refractivity contribution in [3.05, 3.63) is 0 Å². The van der Waals surface area contributed by atoms with Crippen LogP contribution in [0, 0.1) is 0 Å². The number of hydrogen-bond donors (Lipinski definition) is 2. The average Bonchev–Trinajstić information content (AvgIpc) is 3.01. The summed E-state index contributed by atoms with van der Waals surface area (Å²) >= 11 is 0. The molecule has 1 aliphatic heterocycles. The summed E-state index contributed by atoms with van der Waals surface area (Å²) in [6, 6.07) is 0.446. The lowest BCUT2D eigenvalue weighted by Crippen LogP contribution is -2.37. The Morgan fingerprint density at radius 1 is 1.00 bits per heavy atom. The van der Waals surface area contributed by atoms with E-state index in [2.05, 4.69) is 12.3 Å². The fourth-order valence-corrected chi connectivity index (χ4v) is 3.29. The van der Waals surface area contributed by atoms with Crippen LogP contribution in [0.2, 0.25) is 0 Å². The summed E-state index contributed by atoms with van der Waals surface area (Å²) in [6.45, 7) is 3.22. The van der Waals surface area contributed by atoms with Gasteiger partial charge in [-0.25, -0.2) is 0 Å². The van der Waals surface area contributed by atoms with Crippen molar-refractivity contribution in [1.82, 2.24) is 5.43 Å². The van der Waals surface area contributed by atoms with Crippen molar-refractivity contribution in [3.8, 4) is 0 Å². The first-order valence-electron chi connectivity index (χ1n) is 9.44. The highest BCUT2D eigenvalue weighted by molar-refractivity contribution is 4.73.